The maximum absolute atomic E-state index is 12.4. The highest BCUT2D eigenvalue weighted by atomic mass is 16.6. The zero-order valence-corrected chi connectivity index (χ0v) is 32.7. The Kier molecular flexibility index (Phi) is 14.1. The second-order valence-corrected chi connectivity index (χ2v) is 13.7. The number of hydrogen-bond donors (Lipinski definition) is 0. The van der Waals surface area contributed by atoms with Gasteiger partial charge < -0.3 is 28.4 Å². The van der Waals surface area contributed by atoms with Crippen molar-refractivity contribution in [1.82, 2.24) is 0 Å². The van der Waals surface area contributed by atoms with Gasteiger partial charge in [-0.1, -0.05) is 122 Å². The zero-order valence-electron chi connectivity index (χ0n) is 32.7. The van der Waals surface area contributed by atoms with Crippen LogP contribution in [0, 0.1) is 0 Å². The van der Waals surface area contributed by atoms with Crippen molar-refractivity contribution >= 4 is 11.9 Å². The molecule has 8 nitrogen and oxygen atoms in total. The lowest BCUT2D eigenvalue weighted by Crippen LogP contribution is -2.31. The molecule has 0 aliphatic rings. The fraction of sp³-hybridized carbons (Fsp3) is 0.160. The summed E-state index contributed by atoms with van der Waals surface area (Å²) >= 11 is 0. The fourth-order valence-electron chi connectivity index (χ4n) is 5.73. The standard InChI is InChI=1S/C50H46O8/c1-35(2)49(51)57-47(31-53-43-23-15-39(16-24-43)37-11-7-5-8-12-37)33-55-45-27-19-41(20-28-45)42-21-29-46(30-22-42)56-34-48(58-50(52)36(3)4)32-54-44-25-17-40(18-26-44)38-13-9-6-10-14-38/h5-30,47-48H,1,3,31-34H2,2,4H3. The fourth-order valence-corrected chi connectivity index (χ4v) is 5.73. The summed E-state index contributed by atoms with van der Waals surface area (Å²) in [4.78, 5) is 24.8. The Morgan fingerprint density at radius 2 is 0.603 bits per heavy atom. The first kappa shape index (κ1) is 40.6. The average Bonchev–Trinajstić information content (AvgIpc) is 3.26. The van der Waals surface area contributed by atoms with Gasteiger partial charge in [0.25, 0.3) is 0 Å². The molecule has 0 aromatic heterocycles. The summed E-state index contributed by atoms with van der Waals surface area (Å²) in [5.41, 5.74) is 6.88. The number of carbonyl (C=O) groups is 2. The molecule has 0 aliphatic heterocycles. The molecule has 0 heterocycles. The van der Waals surface area contributed by atoms with Crippen LogP contribution in [0.5, 0.6) is 23.0 Å². The van der Waals surface area contributed by atoms with Gasteiger partial charge in [-0.3, -0.25) is 0 Å². The monoisotopic (exact) mass is 774 g/mol. The van der Waals surface area contributed by atoms with Crippen LogP contribution in [0.25, 0.3) is 33.4 Å². The number of esters is 2. The predicted molar refractivity (Wildman–Crippen MR) is 227 cm³/mol. The minimum atomic E-state index is -0.674. The molecule has 0 saturated carbocycles. The Morgan fingerprint density at radius 1 is 0.379 bits per heavy atom. The number of ether oxygens (including phenoxy) is 6. The van der Waals surface area contributed by atoms with E-state index in [1.807, 2.05) is 133 Å². The third-order valence-electron chi connectivity index (χ3n) is 8.95. The number of carbonyl (C=O) groups excluding carboxylic acids is 2. The summed E-state index contributed by atoms with van der Waals surface area (Å²) in [6.07, 6.45) is -1.35. The van der Waals surface area contributed by atoms with Gasteiger partial charge in [0.05, 0.1) is 0 Å². The molecule has 8 heteroatoms. The predicted octanol–water partition coefficient (Wildman–Crippen LogP) is 10.6. The van der Waals surface area contributed by atoms with Crippen LogP contribution in [-0.2, 0) is 19.1 Å². The molecule has 0 aliphatic carbocycles. The van der Waals surface area contributed by atoms with Crippen LogP contribution in [0.4, 0.5) is 0 Å². The molecule has 0 radical (unpaired) electrons. The normalized spacial score (nSPS) is 11.7. The maximum Gasteiger partial charge on any atom is 0.333 e. The minimum absolute atomic E-state index is 0.0841. The molecule has 294 valence electrons. The molecule has 0 spiro atoms. The highest BCUT2D eigenvalue weighted by Gasteiger charge is 2.19. The second kappa shape index (κ2) is 20.2. The van der Waals surface area contributed by atoms with E-state index in [4.69, 9.17) is 28.4 Å². The van der Waals surface area contributed by atoms with Crippen LogP contribution < -0.4 is 18.9 Å². The number of hydrogen-bond acceptors (Lipinski definition) is 8. The summed E-state index contributed by atoms with van der Waals surface area (Å²) in [6, 6.07) is 50.9. The Balaban J connectivity index is 1.01. The molecule has 0 amide bonds. The van der Waals surface area contributed by atoms with Gasteiger partial charge in [-0.2, -0.15) is 0 Å². The minimum Gasteiger partial charge on any atom is -0.490 e. The van der Waals surface area contributed by atoms with Crippen molar-refractivity contribution in [3.05, 3.63) is 182 Å². The molecular formula is C50H46O8. The molecule has 2 atom stereocenters. The van der Waals surface area contributed by atoms with Gasteiger partial charge in [0, 0.05) is 11.1 Å². The van der Waals surface area contributed by atoms with Crippen LogP contribution in [0.1, 0.15) is 13.8 Å². The van der Waals surface area contributed by atoms with E-state index in [9.17, 15) is 9.59 Å². The highest BCUT2D eigenvalue weighted by Crippen LogP contribution is 2.27. The van der Waals surface area contributed by atoms with Gasteiger partial charge in [0.1, 0.15) is 49.4 Å². The molecule has 0 fully saturated rings. The van der Waals surface area contributed by atoms with Crippen molar-refractivity contribution in [3.63, 3.8) is 0 Å². The van der Waals surface area contributed by atoms with E-state index < -0.39 is 24.1 Å². The third kappa shape index (κ3) is 12.0. The molecular weight excluding hydrogens is 729 g/mol. The molecule has 6 aromatic carbocycles. The van der Waals surface area contributed by atoms with Crippen molar-refractivity contribution in [3.8, 4) is 56.4 Å². The lowest BCUT2D eigenvalue weighted by molar-refractivity contribution is -0.148. The molecule has 0 saturated heterocycles. The molecule has 58 heavy (non-hydrogen) atoms. The first-order valence-corrected chi connectivity index (χ1v) is 19.0. The lowest BCUT2D eigenvalue weighted by Gasteiger charge is -2.20. The summed E-state index contributed by atoms with van der Waals surface area (Å²) in [5, 5.41) is 0. The Bertz CT molecular complexity index is 2080. The molecule has 0 N–H and O–H groups in total. The first-order valence-electron chi connectivity index (χ1n) is 19.0. The Morgan fingerprint density at radius 3 is 0.828 bits per heavy atom. The van der Waals surface area contributed by atoms with Gasteiger partial charge in [-0.05, 0) is 95.8 Å². The van der Waals surface area contributed by atoms with E-state index in [0.29, 0.717) is 34.1 Å². The zero-order chi connectivity index (χ0) is 40.7. The van der Waals surface area contributed by atoms with E-state index in [2.05, 4.69) is 37.4 Å². The third-order valence-corrected chi connectivity index (χ3v) is 8.95. The lowest BCUT2D eigenvalue weighted by atomic mass is 10.1. The van der Waals surface area contributed by atoms with Crippen molar-refractivity contribution in [1.29, 1.82) is 0 Å². The topological polar surface area (TPSA) is 89.5 Å². The maximum atomic E-state index is 12.4. The van der Waals surface area contributed by atoms with Gasteiger partial charge in [0.15, 0.2) is 12.2 Å². The largest absolute Gasteiger partial charge is 0.490 e. The van der Waals surface area contributed by atoms with Gasteiger partial charge in [-0.25, -0.2) is 9.59 Å². The van der Waals surface area contributed by atoms with E-state index >= 15 is 0 Å². The molecule has 2 unspecified atom stereocenters. The number of rotatable bonds is 19. The van der Waals surface area contributed by atoms with E-state index in [1.165, 1.54) is 0 Å². The van der Waals surface area contributed by atoms with Crippen LogP contribution in [-0.4, -0.2) is 50.6 Å². The first-order chi connectivity index (χ1) is 28.2. The van der Waals surface area contributed by atoms with Gasteiger partial charge in [0.2, 0.25) is 0 Å². The second-order valence-electron chi connectivity index (χ2n) is 13.7. The van der Waals surface area contributed by atoms with Crippen molar-refractivity contribution in [2.45, 2.75) is 26.1 Å². The number of benzene rings is 6. The van der Waals surface area contributed by atoms with Crippen LogP contribution >= 0.6 is 0 Å². The molecule has 6 rings (SSSR count). The van der Waals surface area contributed by atoms with E-state index in [0.717, 1.165) is 33.4 Å². The summed E-state index contributed by atoms with van der Waals surface area (Å²) in [7, 11) is 0. The average molecular weight is 775 g/mol. The summed E-state index contributed by atoms with van der Waals surface area (Å²) in [5.74, 6) is 1.49. The van der Waals surface area contributed by atoms with Gasteiger partial charge >= 0.3 is 11.9 Å². The van der Waals surface area contributed by atoms with Crippen molar-refractivity contribution in [2.24, 2.45) is 0 Å². The summed E-state index contributed by atoms with van der Waals surface area (Å²) in [6.45, 7) is 11.0. The molecule has 0 bridgehead atoms. The molecule has 6 aromatic rings. The quantitative estimate of drug-likeness (QED) is 0.0594. The summed E-state index contributed by atoms with van der Waals surface area (Å²) < 4.78 is 35.3. The highest BCUT2D eigenvalue weighted by molar-refractivity contribution is 5.87. The van der Waals surface area contributed by atoms with Gasteiger partial charge in [-0.15, -0.1) is 0 Å². The SMILES string of the molecule is C=C(C)C(=O)OC(COc1ccc(-c2ccccc2)cc1)COc1ccc(-c2ccc(OCC(COc3ccc(-c4ccccc4)cc3)OC(=O)C(=C)C)cc2)cc1. The van der Waals surface area contributed by atoms with E-state index in [-0.39, 0.29) is 26.4 Å². The van der Waals surface area contributed by atoms with Crippen molar-refractivity contribution < 1.29 is 38.0 Å². The van der Waals surface area contributed by atoms with E-state index in [1.54, 1.807) is 13.8 Å². The smallest absolute Gasteiger partial charge is 0.333 e. The van der Waals surface area contributed by atoms with Crippen LogP contribution in [0.2, 0.25) is 0 Å². The van der Waals surface area contributed by atoms with Crippen LogP contribution in [0.15, 0.2) is 182 Å². The Labute approximate surface area is 339 Å². The van der Waals surface area contributed by atoms with Crippen molar-refractivity contribution in [2.75, 3.05) is 26.4 Å². The Hall–Kier alpha value is -7.06. The van der Waals surface area contributed by atoms with Crippen LogP contribution in [0.3, 0.4) is 0 Å².